The van der Waals surface area contributed by atoms with Gasteiger partial charge in [0.15, 0.2) is 0 Å². The van der Waals surface area contributed by atoms with E-state index >= 15 is 0 Å². The van der Waals surface area contributed by atoms with Gasteiger partial charge in [0.1, 0.15) is 0 Å². The Hall–Kier alpha value is -1.06. The Morgan fingerprint density at radius 1 is 0.786 bits per heavy atom. The van der Waals surface area contributed by atoms with Crippen LogP contribution in [0.4, 0.5) is 0 Å². The standard InChI is InChI=1S/C24H44O4/c1-4-5-17-27-23(25)21-15-13-16-22(19-21)24(26)28-18-12-10-8-6-7-9-11-14-20(2)3/h20-22H,4-19H2,1-3H3. The van der Waals surface area contributed by atoms with Gasteiger partial charge in [-0.15, -0.1) is 0 Å². The zero-order chi connectivity index (χ0) is 20.6. The van der Waals surface area contributed by atoms with Crippen molar-refractivity contribution < 1.29 is 19.1 Å². The molecule has 1 aliphatic carbocycles. The molecule has 1 saturated carbocycles. The lowest BCUT2D eigenvalue weighted by Gasteiger charge is -2.26. The fraction of sp³-hybridized carbons (Fsp3) is 0.917. The first-order valence-electron chi connectivity index (χ1n) is 11.9. The fourth-order valence-corrected chi connectivity index (χ4v) is 3.88. The van der Waals surface area contributed by atoms with Gasteiger partial charge in [-0.3, -0.25) is 9.59 Å². The Kier molecular flexibility index (Phi) is 14.1. The molecular weight excluding hydrogens is 352 g/mol. The molecular formula is C24H44O4. The van der Waals surface area contributed by atoms with Gasteiger partial charge in [-0.05, 0) is 38.0 Å². The maximum Gasteiger partial charge on any atom is 0.308 e. The molecule has 1 fully saturated rings. The second-order valence-electron chi connectivity index (χ2n) is 8.91. The van der Waals surface area contributed by atoms with E-state index in [0.717, 1.165) is 50.9 Å². The van der Waals surface area contributed by atoms with Gasteiger partial charge in [0.2, 0.25) is 0 Å². The van der Waals surface area contributed by atoms with Crippen LogP contribution in [0, 0.1) is 17.8 Å². The molecule has 0 aliphatic heterocycles. The van der Waals surface area contributed by atoms with Crippen LogP contribution in [-0.4, -0.2) is 25.2 Å². The zero-order valence-corrected chi connectivity index (χ0v) is 18.7. The summed E-state index contributed by atoms with van der Waals surface area (Å²) in [5.41, 5.74) is 0. The molecule has 1 rings (SSSR count). The molecule has 0 N–H and O–H groups in total. The third kappa shape index (κ3) is 11.7. The molecule has 164 valence electrons. The van der Waals surface area contributed by atoms with Crippen LogP contribution in [0.5, 0.6) is 0 Å². The summed E-state index contributed by atoms with van der Waals surface area (Å²) in [6, 6.07) is 0. The van der Waals surface area contributed by atoms with Crippen molar-refractivity contribution in [2.75, 3.05) is 13.2 Å². The maximum atomic E-state index is 12.3. The SMILES string of the molecule is CCCCOC(=O)C1CCCC(C(=O)OCCCCCCCCCC(C)C)C1. The first-order chi connectivity index (χ1) is 13.5. The first-order valence-corrected chi connectivity index (χ1v) is 11.9. The molecule has 0 aromatic carbocycles. The van der Waals surface area contributed by atoms with Crippen LogP contribution in [0.25, 0.3) is 0 Å². The van der Waals surface area contributed by atoms with E-state index in [1.807, 2.05) is 0 Å². The van der Waals surface area contributed by atoms with Crippen LogP contribution in [0.1, 0.15) is 111 Å². The summed E-state index contributed by atoms with van der Waals surface area (Å²) in [4.78, 5) is 24.4. The van der Waals surface area contributed by atoms with E-state index in [-0.39, 0.29) is 23.8 Å². The van der Waals surface area contributed by atoms with Crippen LogP contribution in [0.2, 0.25) is 0 Å². The highest BCUT2D eigenvalue weighted by Crippen LogP contribution is 2.31. The van der Waals surface area contributed by atoms with Crippen LogP contribution in [0.15, 0.2) is 0 Å². The van der Waals surface area contributed by atoms with Crippen molar-refractivity contribution in [3.63, 3.8) is 0 Å². The number of hydrogen-bond donors (Lipinski definition) is 0. The lowest BCUT2D eigenvalue weighted by molar-refractivity contribution is -0.155. The van der Waals surface area contributed by atoms with E-state index in [1.54, 1.807) is 0 Å². The summed E-state index contributed by atoms with van der Waals surface area (Å²) < 4.78 is 10.8. The van der Waals surface area contributed by atoms with Gasteiger partial charge in [0, 0.05) is 0 Å². The second kappa shape index (κ2) is 15.8. The normalized spacial score (nSPS) is 19.6. The van der Waals surface area contributed by atoms with Gasteiger partial charge in [-0.1, -0.05) is 78.6 Å². The number of carbonyl (C=O) groups is 2. The average Bonchev–Trinajstić information content (AvgIpc) is 2.69. The highest BCUT2D eigenvalue weighted by molar-refractivity contribution is 5.76. The molecule has 0 amide bonds. The minimum absolute atomic E-state index is 0.111. The highest BCUT2D eigenvalue weighted by Gasteiger charge is 2.32. The minimum Gasteiger partial charge on any atom is -0.465 e. The van der Waals surface area contributed by atoms with Gasteiger partial charge in [0.25, 0.3) is 0 Å². The van der Waals surface area contributed by atoms with E-state index < -0.39 is 0 Å². The molecule has 0 spiro atoms. The Labute approximate surface area is 173 Å². The molecule has 0 aromatic heterocycles. The van der Waals surface area contributed by atoms with E-state index in [2.05, 4.69) is 20.8 Å². The van der Waals surface area contributed by atoms with Gasteiger partial charge in [0.05, 0.1) is 25.0 Å². The van der Waals surface area contributed by atoms with Crippen molar-refractivity contribution >= 4 is 11.9 Å². The molecule has 0 heterocycles. The summed E-state index contributed by atoms with van der Waals surface area (Å²) in [6.45, 7) is 7.67. The molecule has 0 bridgehead atoms. The number of esters is 2. The molecule has 2 unspecified atom stereocenters. The molecule has 4 heteroatoms. The lowest BCUT2D eigenvalue weighted by Crippen LogP contribution is -2.30. The number of unbranched alkanes of at least 4 members (excludes halogenated alkanes) is 7. The molecule has 0 radical (unpaired) electrons. The van der Waals surface area contributed by atoms with Gasteiger partial charge < -0.3 is 9.47 Å². The first kappa shape index (κ1) is 25.0. The summed E-state index contributed by atoms with van der Waals surface area (Å²) in [5, 5.41) is 0. The molecule has 0 saturated heterocycles. The Morgan fingerprint density at radius 2 is 1.29 bits per heavy atom. The molecule has 4 nitrogen and oxygen atoms in total. The molecule has 2 atom stereocenters. The van der Waals surface area contributed by atoms with Crippen LogP contribution in [-0.2, 0) is 19.1 Å². The largest absolute Gasteiger partial charge is 0.465 e. The van der Waals surface area contributed by atoms with Gasteiger partial charge in [-0.25, -0.2) is 0 Å². The summed E-state index contributed by atoms with van der Waals surface area (Å²) in [6.07, 6.45) is 15.1. The van der Waals surface area contributed by atoms with Crippen molar-refractivity contribution in [1.82, 2.24) is 0 Å². The predicted molar refractivity (Wildman–Crippen MR) is 114 cm³/mol. The van der Waals surface area contributed by atoms with Crippen molar-refractivity contribution in [3.05, 3.63) is 0 Å². The number of carbonyl (C=O) groups excluding carboxylic acids is 2. The van der Waals surface area contributed by atoms with Crippen LogP contribution < -0.4 is 0 Å². The van der Waals surface area contributed by atoms with E-state index in [1.165, 1.54) is 38.5 Å². The van der Waals surface area contributed by atoms with Gasteiger partial charge in [-0.2, -0.15) is 0 Å². The van der Waals surface area contributed by atoms with Gasteiger partial charge >= 0.3 is 11.9 Å². The number of rotatable bonds is 15. The molecule has 1 aliphatic rings. The minimum atomic E-state index is -0.126. The highest BCUT2D eigenvalue weighted by atomic mass is 16.5. The average molecular weight is 397 g/mol. The van der Waals surface area contributed by atoms with E-state index in [0.29, 0.717) is 19.6 Å². The Morgan fingerprint density at radius 3 is 1.82 bits per heavy atom. The summed E-state index contributed by atoms with van der Waals surface area (Å²) in [5.74, 6) is 0.331. The smallest absolute Gasteiger partial charge is 0.308 e. The molecule has 0 aromatic rings. The predicted octanol–water partition coefficient (Wildman–Crippen LogP) is 6.46. The van der Waals surface area contributed by atoms with Crippen molar-refractivity contribution in [2.45, 2.75) is 111 Å². The van der Waals surface area contributed by atoms with Crippen LogP contribution in [0.3, 0.4) is 0 Å². The monoisotopic (exact) mass is 396 g/mol. The number of ether oxygens (including phenoxy) is 2. The lowest BCUT2D eigenvalue weighted by atomic mass is 9.81. The van der Waals surface area contributed by atoms with E-state index in [4.69, 9.17) is 9.47 Å². The van der Waals surface area contributed by atoms with Crippen molar-refractivity contribution in [1.29, 1.82) is 0 Å². The van der Waals surface area contributed by atoms with Crippen LogP contribution >= 0.6 is 0 Å². The van der Waals surface area contributed by atoms with E-state index in [9.17, 15) is 9.59 Å². The second-order valence-corrected chi connectivity index (χ2v) is 8.91. The molecule has 28 heavy (non-hydrogen) atoms. The maximum absolute atomic E-state index is 12.3. The zero-order valence-electron chi connectivity index (χ0n) is 18.7. The summed E-state index contributed by atoms with van der Waals surface area (Å²) >= 11 is 0. The Balaban J connectivity index is 2.06. The topological polar surface area (TPSA) is 52.6 Å². The fourth-order valence-electron chi connectivity index (χ4n) is 3.88. The van der Waals surface area contributed by atoms with Crippen molar-refractivity contribution in [3.8, 4) is 0 Å². The summed E-state index contributed by atoms with van der Waals surface area (Å²) in [7, 11) is 0. The van der Waals surface area contributed by atoms with Crippen molar-refractivity contribution in [2.24, 2.45) is 17.8 Å². The number of hydrogen-bond acceptors (Lipinski definition) is 4. The third-order valence-electron chi connectivity index (χ3n) is 5.75. The third-order valence-corrected chi connectivity index (χ3v) is 5.75. The Bertz CT molecular complexity index is 419. The quantitative estimate of drug-likeness (QED) is 0.235.